The van der Waals surface area contributed by atoms with Gasteiger partial charge in [-0.05, 0) is 106 Å². The first-order valence-corrected chi connectivity index (χ1v) is 32.4. The number of benzene rings is 13. The van der Waals surface area contributed by atoms with Crippen molar-refractivity contribution < 1.29 is 0 Å². The molecule has 4 heteroatoms. The third-order valence-electron chi connectivity index (χ3n) is 17.2. The molecule has 0 saturated carbocycles. The van der Waals surface area contributed by atoms with Gasteiger partial charge in [0.05, 0.1) is 22.1 Å². The summed E-state index contributed by atoms with van der Waals surface area (Å²) in [6.07, 6.45) is 0. The summed E-state index contributed by atoms with van der Waals surface area (Å²) in [6, 6.07) is 128. The predicted molar refractivity (Wildman–Crippen MR) is 353 cm³/mol. The highest BCUT2D eigenvalue weighted by atomic mass is 28.3. The fourth-order valence-electron chi connectivity index (χ4n) is 13.7. The largest absolute Gasteiger partial charge is 0.309 e. The van der Waals surface area contributed by atoms with Crippen molar-refractivity contribution in [2.75, 3.05) is 0 Å². The van der Waals surface area contributed by atoms with Gasteiger partial charge >= 0.3 is 0 Å². The Kier molecular flexibility index (Phi) is 12.3. The van der Waals surface area contributed by atoms with Crippen molar-refractivity contribution in [1.29, 1.82) is 0 Å². The Hall–Kier alpha value is -10.1. The van der Waals surface area contributed by atoms with Crippen LogP contribution in [0.4, 0.5) is 0 Å². The summed E-state index contributed by atoms with van der Waals surface area (Å²) in [6.45, 7) is 0. The van der Waals surface area contributed by atoms with Crippen LogP contribution in [0.15, 0.2) is 340 Å². The normalized spacial score (nSPS) is 11.9. The zero-order chi connectivity index (χ0) is 54.5. The monoisotopic (exact) mass is 1080 g/mol. The number of rotatable bonds is 12. The molecule has 0 amide bonds. The van der Waals surface area contributed by atoms with Gasteiger partial charge in [-0.1, -0.05) is 297 Å². The Morgan fingerprint density at radius 3 is 1.07 bits per heavy atom. The molecule has 0 atom stereocenters. The van der Waals surface area contributed by atoms with Crippen LogP contribution in [-0.4, -0.2) is 25.3 Å². The number of para-hydroxylation sites is 2. The van der Waals surface area contributed by atoms with Crippen molar-refractivity contribution in [2.45, 2.75) is 0 Å². The van der Waals surface area contributed by atoms with Gasteiger partial charge in [0.15, 0.2) is 16.1 Å². The highest BCUT2D eigenvalue weighted by Gasteiger charge is 2.44. The average molecular weight is 1080 g/mol. The topological polar surface area (TPSA) is 9.86 Å². The smallest absolute Gasteiger partial charge is 0.179 e. The average Bonchev–Trinajstić information content (AvgIpc) is 3.16. The lowest BCUT2D eigenvalue weighted by atomic mass is 10.1. The number of hydrogen-bond donors (Lipinski definition) is 0. The fraction of sp³-hybridized carbons (Fsp3) is 0. The highest BCUT2D eigenvalue weighted by molar-refractivity contribution is 7.20. The molecule has 0 aliphatic rings. The van der Waals surface area contributed by atoms with Crippen LogP contribution in [0.2, 0.25) is 0 Å². The predicted octanol–water partition coefficient (Wildman–Crippen LogP) is 14.0. The lowest BCUT2D eigenvalue weighted by molar-refractivity contribution is 1.17. The number of hydrogen-bond acceptors (Lipinski definition) is 0. The van der Waals surface area contributed by atoms with E-state index < -0.39 is 16.1 Å². The molecule has 0 bridgehead atoms. The molecule has 386 valence electrons. The molecule has 0 aliphatic heterocycles. The molecule has 15 aromatic rings. The van der Waals surface area contributed by atoms with E-state index in [1.807, 2.05) is 0 Å². The van der Waals surface area contributed by atoms with Gasteiger partial charge in [-0.15, -0.1) is 0 Å². The molecule has 0 aliphatic carbocycles. The number of fused-ring (bicyclic) bond motifs is 7. The van der Waals surface area contributed by atoms with Crippen LogP contribution in [0.25, 0.3) is 77.2 Å². The summed E-state index contributed by atoms with van der Waals surface area (Å²) >= 11 is 0. The Morgan fingerprint density at radius 1 is 0.195 bits per heavy atom. The van der Waals surface area contributed by atoms with Gasteiger partial charge in [0.1, 0.15) is 0 Å². The molecule has 0 saturated heterocycles. The van der Waals surface area contributed by atoms with Crippen LogP contribution < -0.4 is 41.5 Å². The Labute approximate surface area is 480 Å². The minimum atomic E-state index is -3.08. The van der Waals surface area contributed by atoms with Gasteiger partial charge in [-0.25, -0.2) is 0 Å². The Bertz CT molecular complexity index is 4690. The van der Waals surface area contributed by atoms with Gasteiger partial charge in [-0.2, -0.15) is 0 Å². The summed E-state index contributed by atoms with van der Waals surface area (Å²) in [7, 11) is -6.12. The van der Waals surface area contributed by atoms with Gasteiger partial charge in [0.2, 0.25) is 0 Å². The molecule has 0 unspecified atom stereocenters. The van der Waals surface area contributed by atoms with Gasteiger partial charge in [0.25, 0.3) is 0 Å². The fourth-order valence-corrected chi connectivity index (χ4v) is 23.3. The first-order chi connectivity index (χ1) is 40.7. The van der Waals surface area contributed by atoms with Gasteiger partial charge in [-0.3, -0.25) is 0 Å². The highest BCUT2D eigenvalue weighted by Crippen LogP contribution is 2.42. The summed E-state index contributed by atoms with van der Waals surface area (Å²) in [5, 5.41) is 15.6. The van der Waals surface area contributed by atoms with Crippen LogP contribution in [0.5, 0.6) is 0 Å². The van der Waals surface area contributed by atoms with E-state index in [1.54, 1.807) is 0 Å². The van der Waals surface area contributed by atoms with E-state index in [-0.39, 0.29) is 0 Å². The molecule has 13 aromatic carbocycles. The molecule has 0 fully saturated rings. The van der Waals surface area contributed by atoms with E-state index in [9.17, 15) is 0 Å². The Morgan fingerprint density at radius 2 is 0.561 bits per heavy atom. The van der Waals surface area contributed by atoms with Gasteiger partial charge < -0.3 is 9.13 Å². The summed E-state index contributed by atoms with van der Waals surface area (Å²) in [4.78, 5) is 0. The third-order valence-corrected chi connectivity index (χ3v) is 26.7. The van der Waals surface area contributed by atoms with Crippen LogP contribution in [0, 0.1) is 0 Å². The van der Waals surface area contributed by atoms with Gasteiger partial charge in [0, 0.05) is 32.9 Å². The maximum Gasteiger partial charge on any atom is 0.179 e. The zero-order valence-corrected chi connectivity index (χ0v) is 47.2. The molecule has 0 spiro atoms. The number of nitrogens with zero attached hydrogens (tertiary/aromatic N) is 2. The summed E-state index contributed by atoms with van der Waals surface area (Å²) < 4.78 is 5.09. The maximum atomic E-state index is 2.60. The molecule has 2 heterocycles. The van der Waals surface area contributed by atoms with Crippen LogP contribution in [0.1, 0.15) is 0 Å². The first-order valence-electron chi connectivity index (χ1n) is 28.4. The van der Waals surface area contributed by atoms with E-state index in [4.69, 9.17) is 0 Å². The van der Waals surface area contributed by atoms with Crippen molar-refractivity contribution in [1.82, 2.24) is 9.13 Å². The number of aromatic nitrogens is 2. The van der Waals surface area contributed by atoms with Crippen molar-refractivity contribution in [3.05, 3.63) is 340 Å². The zero-order valence-electron chi connectivity index (χ0n) is 45.2. The maximum absolute atomic E-state index is 3.08. The second kappa shape index (κ2) is 20.5. The van der Waals surface area contributed by atoms with Crippen LogP contribution in [-0.2, 0) is 0 Å². The van der Waals surface area contributed by atoms with E-state index in [1.165, 1.54) is 107 Å². The second-order valence-electron chi connectivity index (χ2n) is 21.5. The molecule has 82 heavy (non-hydrogen) atoms. The molecular weight excluding hydrogens is 1020 g/mol. The van der Waals surface area contributed by atoms with Crippen molar-refractivity contribution in [3.8, 4) is 33.6 Å². The summed E-state index contributed by atoms with van der Waals surface area (Å²) in [5.41, 5.74) is 11.8. The van der Waals surface area contributed by atoms with E-state index in [0.29, 0.717) is 0 Å². The third kappa shape index (κ3) is 7.90. The van der Waals surface area contributed by atoms with Crippen LogP contribution >= 0.6 is 0 Å². The van der Waals surface area contributed by atoms with E-state index in [0.717, 1.165) is 11.4 Å². The minimum absolute atomic E-state index is 1.13. The molecule has 0 N–H and O–H groups in total. The van der Waals surface area contributed by atoms with E-state index in [2.05, 4.69) is 349 Å². The minimum Gasteiger partial charge on any atom is -0.309 e. The SMILES string of the molecule is c1ccc(-c2cccc([Si](c3ccccc3)(c3ccccc3)c3cccc(-n4c5ccccc5c5ccc6c(c7cc([Si](c8ccccc8)(c8ccccc8)c8cccc(-c9ccccc9)c8)ccc7n6-c6ccccc6)c54)c3)c2)cc1. The first kappa shape index (κ1) is 49.0. The summed E-state index contributed by atoms with van der Waals surface area (Å²) in [5.74, 6) is 0. The standard InChI is InChI=1S/C78H56N2Si2/c1-8-27-57(28-9-1)59-31-24-44-67(53-59)81(63-36-14-4-15-37-63,64-38-16-5-17-39-64)69-46-26-35-62(55-69)80-74-48-23-22-47-71(74)72-50-52-76-77(78(72)80)73-56-70(49-51-75(73)79(76)61-33-12-3-13-34-61)82(65-40-18-6-19-41-65,66-42-20-7-21-43-66)68-45-25-32-60(54-68)58-29-10-2-11-30-58/h1-56H. The molecule has 2 nitrogen and oxygen atoms in total. The van der Waals surface area contributed by atoms with E-state index >= 15 is 0 Å². The lowest BCUT2D eigenvalue weighted by Crippen LogP contribution is -2.74. The van der Waals surface area contributed by atoms with Crippen molar-refractivity contribution in [2.24, 2.45) is 0 Å². The lowest BCUT2D eigenvalue weighted by Gasteiger charge is -2.35. The second-order valence-corrected chi connectivity index (χ2v) is 29.1. The molecule has 0 radical (unpaired) electrons. The molecular formula is C78H56N2Si2. The molecule has 15 rings (SSSR count). The van der Waals surface area contributed by atoms with Crippen LogP contribution in [0.3, 0.4) is 0 Å². The Balaban J connectivity index is 1.05. The van der Waals surface area contributed by atoms with Crippen molar-refractivity contribution in [3.63, 3.8) is 0 Å². The van der Waals surface area contributed by atoms with Crippen molar-refractivity contribution >= 4 is 101 Å². The quantitative estimate of drug-likeness (QED) is 0.0852. The molecule has 2 aromatic heterocycles.